The summed E-state index contributed by atoms with van der Waals surface area (Å²) >= 11 is 0. The van der Waals surface area contributed by atoms with E-state index in [1.54, 1.807) is 0 Å². The predicted molar refractivity (Wildman–Crippen MR) is 299 cm³/mol. The van der Waals surface area contributed by atoms with Gasteiger partial charge in [-0.2, -0.15) is 0 Å². The van der Waals surface area contributed by atoms with Crippen LogP contribution < -0.4 is 4.90 Å². The van der Waals surface area contributed by atoms with Crippen molar-refractivity contribution in [3.8, 4) is 39.1 Å². The number of anilines is 3. The van der Waals surface area contributed by atoms with Gasteiger partial charge in [0, 0.05) is 33.5 Å². The molecule has 71 heavy (non-hydrogen) atoms. The maximum Gasteiger partial charge on any atom is 0.0713 e. The lowest BCUT2D eigenvalue weighted by atomic mass is 9.68. The van der Waals surface area contributed by atoms with Gasteiger partial charge in [-0.25, -0.2) is 0 Å². The predicted octanol–water partition coefficient (Wildman–Crippen LogP) is 18.3. The number of aromatic nitrogens is 1. The van der Waals surface area contributed by atoms with Gasteiger partial charge in [0.15, 0.2) is 0 Å². The molecule has 1 aliphatic rings. The summed E-state index contributed by atoms with van der Waals surface area (Å²) in [5.74, 6) is 0. The highest BCUT2D eigenvalue weighted by Crippen LogP contribution is 2.57. The molecule has 2 nitrogen and oxygen atoms in total. The lowest BCUT2D eigenvalue weighted by molar-refractivity contribution is 0.768. The minimum atomic E-state index is -0.481. The topological polar surface area (TPSA) is 8.17 Å². The van der Waals surface area contributed by atoms with Gasteiger partial charge < -0.3 is 9.47 Å². The van der Waals surface area contributed by atoms with Crippen molar-refractivity contribution in [2.45, 2.75) is 5.41 Å². The summed E-state index contributed by atoms with van der Waals surface area (Å²) in [5.41, 5.74) is 18.7. The van der Waals surface area contributed by atoms with E-state index in [0.29, 0.717) is 0 Å². The fraction of sp³-hybridized carbons (Fsp3) is 0.0145. The monoisotopic (exact) mass is 902 g/mol. The molecule has 0 atom stereocenters. The highest BCUT2D eigenvalue weighted by atomic mass is 15.1. The number of para-hydroxylation sites is 2. The number of hydrogen-bond donors (Lipinski definition) is 0. The van der Waals surface area contributed by atoms with Gasteiger partial charge in [-0.3, -0.25) is 0 Å². The van der Waals surface area contributed by atoms with Gasteiger partial charge in [0.25, 0.3) is 0 Å². The highest BCUT2D eigenvalue weighted by molar-refractivity contribution is 6.12. The van der Waals surface area contributed by atoms with E-state index in [-0.39, 0.29) is 0 Å². The van der Waals surface area contributed by atoms with Gasteiger partial charge in [-0.1, -0.05) is 212 Å². The lowest BCUT2D eigenvalue weighted by Gasteiger charge is -2.34. The van der Waals surface area contributed by atoms with Crippen molar-refractivity contribution in [1.29, 1.82) is 0 Å². The van der Waals surface area contributed by atoms with Crippen molar-refractivity contribution in [2.75, 3.05) is 4.90 Å². The van der Waals surface area contributed by atoms with Crippen molar-refractivity contribution in [3.05, 3.63) is 301 Å². The van der Waals surface area contributed by atoms with E-state index in [2.05, 4.69) is 289 Å². The molecule has 1 heterocycles. The lowest BCUT2D eigenvalue weighted by Crippen LogP contribution is -2.28. The molecule has 1 aliphatic carbocycles. The molecule has 0 saturated carbocycles. The SMILES string of the molecule is c1ccc(-n2c3ccccc3c3cc(-c4cccc(N(c5ccc(-c6cccc7c6ccc6ccccc67)cc5)c5ccc6c(c5)-c5ccccc5C6(c5ccccc5)c5ccccc5)c4)ccc32)cc1. The van der Waals surface area contributed by atoms with E-state index in [1.165, 1.54) is 93.4 Å². The fourth-order valence-corrected chi connectivity index (χ4v) is 11.9. The van der Waals surface area contributed by atoms with Crippen molar-refractivity contribution in [3.63, 3.8) is 0 Å². The van der Waals surface area contributed by atoms with Crippen LogP contribution in [0.2, 0.25) is 0 Å². The number of benzene rings is 12. The molecule has 0 aliphatic heterocycles. The van der Waals surface area contributed by atoms with Gasteiger partial charge in [-0.15, -0.1) is 0 Å². The Labute approximate surface area is 413 Å². The van der Waals surface area contributed by atoms with Crippen LogP contribution in [-0.2, 0) is 5.41 Å². The van der Waals surface area contributed by atoms with E-state index >= 15 is 0 Å². The van der Waals surface area contributed by atoms with Crippen molar-refractivity contribution in [2.24, 2.45) is 0 Å². The average Bonchev–Trinajstić information content (AvgIpc) is 3.94. The van der Waals surface area contributed by atoms with Crippen LogP contribution in [-0.4, -0.2) is 4.57 Å². The summed E-state index contributed by atoms with van der Waals surface area (Å²) in [4.78, 5) is 2.44. The number of hydrogen-bond acceptors (Lipinski definition) is 1. The molecule has 0 N–H and O–H groups in total. The van der Waals surface area contributed by atoms with E-state index in [0.717, 1.165) is 28.3 Å². The largest absolute Gasteiger partial charge is 0.310 e. The maximum absolute atomic E-state index is 2.44. The Morgan fingerprint density at radius 3 is 1.66 bits per heavy atom. The highest BCUT2D eigenvalue weighted by Gasteiger charge is 2.46. The normalized spacial score (nSPS) is 12.6. The Hall–Kier alpha value is -9.24. The third-order valence-corrected chi connectivity index (χ3v) is 15.0. The van der Waals surface area contributed by atoms with Crippen LogP contribution in [0.5, 0.6) is 0 Å². The van der Waals surface area contributed by atoms with Crippen molar-refractivity contribution < 1.29 is 0 Å². The molecule has 13 aromatic rings. The molecule has 0 spiro atoms. The van der Waals surface area contributed by atoms with Crippen molar-refractivity contribution in [1.82, 2.24) is 4.57 Å². The molecule has 1 aromatic heterocycles. The van der Waals surface area contributed by atoms with Gasteiger partial charge in [0.05, 0.1) is 16.4 Å². The number of nitrogens with zero attached hydrogens (tertiary/aromatic N) is 2. The summed E-state index contributed by atoms with van der Waals surface area (Å²) < 4.78 is 2.38. The minimum absolute atomic E-state index is 0.481. The van der Waals surface area contributed by atoms with E-state index in [9.17, 15) is 0 Å². The quantitative estimate of drug-likeness (QED) is 0.138. The van der Waals surface area contributed by atoms with Crippen LogP contribution in [0.25, 0.3) is 82.4 Å². The zero-order chi connectivity index (χ0) is 46.9. The molecule has 0 radical (unpaired) electrons. The molecule has 0 unspecified atom stereocenters. The zero-order valence-corrected chi connectivity index (χ0v) is 39.0. The fourth-order valence-electron chi connectivity index (χ4n) is 11.9. The molecule has 2 heteroatoms. The zero-order valence-electron chi connectivity index (χ0n) is 39.0. The van der Waals surface area contributed by atoms with Gasteiger partial charge >= 0.3 is 0 Å². The van der Waals surface area contributed by atoms with Crippen LogP contribution in [0.15, 0.2) is 279 Å². The minimum Gasteiger partial charge on any atom is -0.310 e. The number of rotatable bonds is 8. The smallest absolute Gasteiger partial charge is 0.0713 e. The Kier molecular flexibility index (Phi) is 9.47. The third-order valence-electron chi connectivity index (χ3n) is 15.0. The first kappa shape index (κ1) is 40.8. The molecule has 0 fully saturated rings. The molecular weight excluding hydrogens is 857 g/mol. The maximum atomic E-state index is 2.44. The van der Waals surface area contributed by atoms with Crippen LogP contribution in [0.4, 0.5) is 17.1 Å². The van der Waals surface area contributed by atoms with Crippen LogP contribution in [0.3, 0.4) is 0 Å². The summed E-state index contributed by atoms with van der Waals surface area (Å²) in [6.07, 6.45) is 0. The van der Waals surface area contributed by atoms with E-state index in [1.807, 2.05) is 0 Å². The van der Waals surface area contributed by atoms with Gasteiger partial charge in [0.2, 0.25) is 0 Å². The second kappa shape index (κ2) is 16.5. The van der Waals surface area contributed by atoms with Crippen LogP contribution in [0, 0.1) is 0 Å². The van der Waals surface area contributed by atoms with Crippen LogP contribution in [0.1, 0.15) is 22.3 Å². The number of fused-ring (bicyclic) bond motifs is 9. The summed E-state index contributed by atoms with van der Waals surface area (Å²) in [6.45, 7) is 0. The summed E-state index contributed by atoms with van der Waals surface area (Å²) in [5, 5.41) is 7.53. The first-order valence-electron chi connectivity index (χ1n) is 24.6. The molecule has 0 bridgehead atoms. The second-order valence-electron chi connectivity index (χ2n) is 18.8. The van der Waals surface area contributed by atoms with E-state index < -0.39 is 5.41 Å². The summed E-state index contributed by atoms with van der Waals surface area (Å²) in [7, 11) is 0. The Morgan fingerprint density at radius 2 is 0.859 bits per heavy atom. The first-order chi connectivity index (χ1) is 35.2. The van der Waals surface area contributed by atoms with Crippen LogP contribution >= 0.6 is 0 Å². The Morgan fingerprint density at radius 1 is 0.282 bits per heavy atom. The summed E-state index contributed by atoms with van der Waals surface area (Å²) in [6, 6.07) is 103. The first-order valence-corrected chi connectivity index (χ1v) is 24.6. The van der Waals surface area contributed by atoms with Crippen molar-refractivity contribution >= 4 is 60.4 Å². The van der Waals surface area contributed by atoms with Gasteiger partial charge in [0.1, 0.15) is 0 Å². The van der Waals surface area contributed by atoms with E-state index in [4.69, 9.17) is 0 Å². The average molecular weight is 903 g/mol. The molecular formula is C69H46N2. The molecule has 0 saturated heterocycles. The molecule has 0 amide bonds. The molecule has 332 valence electrons. The third kappa shape index (κ3) is 6.42. The Balaban J connectivity index is 0.946. The van der Waals surface area contributed by atoms with Gasteiger partial charge in [-0.05, 0) is 144 Å². The Bertz CT molecular complexity index is 4110. The molecule has 14 rings (SSSR count). The second-order valence-corrected chi connectivity index (χ2v) is 18.8. The molecule has 12 aromatic carbocycles. The standard InChI is InChI=1S/C69H46N2/c1-4-20-51(21-5-1)69(52-22-6-2-7-23-52)65-32-14-12-28-61(65)63-46-56(40-42-66(63)69)70(54-38-34-48(35-39-54)58-30-17-31-59-57-27-11-10-18-47(57)36-41-60(58)59)55-26-16-19-49(44-55)50-37-43-68-64(45-50)62-29-13-15-33-67(62)71(68)53-24-8-3-9-25-53/h1-46H.